The SMILES string of the molecule is CCCN(C)C(=O)C(C)COCC. The van der Waals surface area contributed by atoms with Crippen LogP contribution >= 0.6 is 0 Å². The molecule has 0 aliphatic carbocycles. The first kappa shape index (κ1) is 12.4. The normalized spacial score (nSPS) is 12.6. The summed E-state index contributed by atoms with van der Waals surface area (Å²) in [5.74, 6) is 0.159. The van der Waals surface area contributed by atoms with E-state index in [4.69, 9.17) is 4.74 Å². The molecule has 0 aromatic carbocycles. The molecule has 0 saturated heterocycles. The van der Waals surface area contributed by atoms with Gasteiger partial charge in [-0.25, -0.2) is 0 Å². The summed E-state index contributed by atoms with van der Waals surface area (Å²) in [5.41, 5.74) is 0. The molecule has 3 nitrogen and oxygen atoms in total. The molecule has 0 fully saturated rings. The Balaban J connectivity index is 3.79. The predicted molar refractivity (Wildman–Crippen MR) is 53.6 cm³/mol. The van der Waals surface area contributed by atoms with E-state index >= 15 is 0 Å². The Bertz CT molecular complexity index is 148. The van der Waals surface area contributed by atoms with Crippen molar-refractivity contribution < 1.29 is 9.53 Å². The van der Waals surface area contributed by atoms with E-state index in [1.165, 1.54) is 0 Å². The van der Waals surface area contributed by atoms with E-state index in [0.717, 1.165) is 13.0 Å². The maximum atomic E-state index is 11.6. The van der Waals surface area contributed by atoms with Crippen molar-refractivity contribution in [3.8, 4) is 0 Å². The van der Waals surface area contributed by atoms with Gasteiger partial charge in [-0.3, -0.25) is 4.79 Å². The van der Waals surface area contributed by atoms with Gasteiger partial charge in [-0.1, -0.05) is 13.8 Å². The van der Waals surface area contributed by atoms with E-state index in [-0.39, 0.29) is 11.8 Å². The third-order valence-corrected chi connectivity index (χ3v) is 1.93. The Labute approximate surface area is 81.1 Å². The number of nitrogens with zero attached hydrogens (tertiary/aromatic N) is 1. The van der Waals surface area contributed by atoms with Crippen molar-refractivity contribution in [1.29, 1.82) is 0 Å². The lowest BCUT2D eigenvalue weighted by atomic mass is 10.1. The van der Waals surface area contributed by atoms with Gasteiger partial charge in [0.25, 0.3) is 0 Å². The Kier molecular flexibility index (Phi) is 6.59. The number of carbonyl (C=O) groups excluding carboxylic acids is 1. The van der Waals surface area contributed by atoms with Crippen LogP contribution in [0.4, 0.5) is 0 Å². The van der Waals surface area contributed by atoms with Gasteiger partial charge in [0, 0.05) is 20.2 Å². The lowest BCUT2D eigenvalue weighted by Gasteiger charge is -2.20. The van der Waals surface area contributed by atoms with E-state index in [2.05, 4.69) is 6.92 Å². The summed E-state index contributed by atoms with van der Waals surface area (Å²) < 4.78 is 5.20. The van der Waals surface area contributed by atoms with Gasteiger partial charge in [0.1, 0.15) is 0 Å². The molecule has 0 N–H and O–H groups in total. The van der Waals surface area contributed by atoms with Crippen molar-refractivity contribution >= 4 is 5.91 Å². The molecule has 0 bridgehead atoms. The number of hydrogen-bond acceptors (Lipinski definition) is 2. The topological polar surface area (TPSA) is 29.5 Å². The van der Waals surface area contributed by atoms with Crippen LogP contribution in [0.3, 0.4) is 0 Å². The lowest BCUT2D eigenvalue weighted by Crippen LogP contribution is -2.34. The molecule has 13 heavy (non-hydrogen) atoms. The van der Waals surface area contributed by atoms with Gasteiger partial charge >= 0.3 is 0 Å². The van der Waals surface area contributed by atoms with Crippen molar-refractivity contribution in [1.82, 2.24) is 4.90 Å². The molecule has 1 atom stereocenters. The third kappa shape index (κ3) is 4.88. The molecule has 3 heteroatoms. The molecule has 0 aromatic heterocycles. The molecule has 1 amide bonds. The van der Waals surface area contributed by atoms with Crippen molar-refractivity contribution in [2.75, 3.05) is 26.8 Å². The van der Waals surface area contributed by atoms with Crippen molar-refractivity contribution in [3.63, 3.8) is 0 Å². The van der Waals surface area contributed by atoms with Crippen LogP contribution in [0.2, 0.25) is 0 Å². The number of amides is 1. The highest BCUT2D eigenvalue weighted by molar-refractivity contribution is 5.78. The van der Waals surface area contributed by atoms with Crippen LogP contribution in [0.1, 0.15) is 27.2 Å². The first-order valence-electron chi connectivity index (χ1n) is 4.96. The number of ether oxygens (including phenoxy) is 1. The van der Waals surface area contributed by atoms with E-state index in [1.54, 1.807) is 4.90 Å². The Morgan fingerprint density at radius 3 is 2.54 bits per heavy atom. The van der Waals surface area contributed by atoms with Gasteiger partial charge in [0.05, 0.1) is 12.5 Å². The average molecular weight is 187 g/mol. The summed E-state index contributed by atoms with van der Waals surface area (Å²) in [7, 11) is 1.84. The Morgan fingerprint density at radius 1 is 1.46 bits per heavy atom. The zero-order valence-electron chi connectivity index (χ0n) is 9.17. The molecule has 0 spiro atoms. The molecule has 0 aliphatic heterocycles. The second-order valence-electron chi connectivity index (χ2n) is 3.32. The molecule has 0 rings (SSSR count). The quantitative estimate of drug-likeness (QED) is 0.631. The predicted octanol–water partition coefficient (Wildman–Crippen LogP) is 1.53. The smallest absolute Gasteiger partial charge is 0.227 e. The zero-order chi connectivity index (χ0) is 10.3. The highest BCUT2D eigenvalue weighted by Gasteiger charge is 2.16. The van der Waals surface area contributed by atoms with Gasteiger partial charge in [-0.2, -0.15) is 0 Å². The highest BCUT2D eigenvalue weighted by atomic mass is 16.5. The summed E-state index contributed by atoms with van der Waals surface area (Å²) in [5, 5.41) is 0. The number of rotatable bonds is 6. The Hall–Kier alpha value is -0.570. The van der Waals surface area contributed by atoms with Gasteiger partial charge in [-0.05, 0) is 13.3 Å². The van der Waals surface area contributed by atoms with Gasteiger partial charge in [0.15, 0.2) is 0 Å². The second kappa shape index (κ2) is 6.89. The minimum absolute atomic E-state index is 0.0171. The molecular formula is C10H21NO2. The third-order valence-electron chi connectivity index (χ3n) is 1.93. The molecule has 0 aromatic rings. The fourth-order valence-electron chi connectivity index (χ4n) is 1.19. The standard InChI is InChI=1S/C10H21NO2/c1-5-7-11(4)10(12)9(3)8-13-6-2/h9H,5-8H2,1-4H3. The van der Waals surface area contributed by atoms with E-state index in [0.29, 0.717) is 13.2 Å². The molecular weight excluding hydrogens is 166 g/mol. The summed E-state index contributed by atoms with van der Waals surface area (Å²) in [6, 6.07) is 0. The van der Waals surface area contributed by atoms with Gasteiger partial charge in [0.2, 0.25) is 5.91 Å². The van der Waals surface area contributed by atoms with Crippen molar-refractivity contribution in [2.45, 2.75) is 27.2 Å². The van der Waals surface area contributed by atoms with Gasteiger partial charge in [-0.15, -0.1) is 0 Å². The maximum Gasteiger partial charge on any atom is 0.227 e. The second-order valence-corrected chi connectivity index (χ2v) is 3.32. The van der Waals surface area contributed by atoms with E-state index in [1.807, 2.05) is 20.9 Å². The molecule has 0 heterocycles. The molecule has 0 saturated carbocycles. The maximum absolute atomic E-state index is 11.6. The summed E-state index contributed by atoms with van der Waals surface area (Å²) >= 11 is 0. The molecule has 0 radical (unpaired) electrons. The monoisotopic (exact) mass is 187 g/mol. The number of hydrogen-bond donors (Lipinski definition) is 0. The average Bonchev–Trinajstić information content (AvgIpc) is 2.13. The Morgan fingerprint density at radius 2 is 2.08 bits per heavy atom. The molecule has 0 aliphatic rings. The lowest BCUT2D eigenvalue weighted by molar-refractivity contribution is -0.135. The van der Waals surface area contributed by atoms with Crippen LogP contribution in [0.25, 0.3) is 0 Å². The molecule has 78 valence electrons. The van der Waals surface area contributed by atoms with Gasteiger partial charge < -0.3 is 9.64 Å². The first-order chi connectivity index (χ1) is 6.13. The fraction of sp³-hybridized carbons (Fsp3) is 0.900. The fourth-order valence-corrected chi connectivity index (χ4v) is 1.19. The minimum atomic E-state index is -0.0171. The zero-order valence-corrected chi connectivity index (χ0v) is 9.17. The van der Waals surface area contributed by atoms with Crippen LogP contribution in [-0.4, -0.2) is 37.6 Å². The van der Waals surface area contributed by atoms with E-state index < -0.39 is 0 Å². The number of carbonyl (C=O) groups is 1. The largest absolute Gasteiger partial charge is 0.381 e. The van der Waals surface area contributed by atoms with Crippen LogP contribution in [-0.2, 0) is 9.53 Å². The van der Waals surface area contributed by atoms with Crippen LogP contribution in [0.5, 0.6) is 0 Å². The van der Waals surface area contributed by atoms with Crippen LogP contribution in [0.15, 0.2) is 0 Å². The summed E-state index contributed by atoms with van der Waals surface area (Å²) in [6.07, 6.45) is 1.00. The summed E-state index contributed by atoms with van der Waals surface area (Å²) in [6.45, 7) is 7.95. The first-order valence-corrected chi connectivity index (χ1v) is 4.96. The van der Waals surface area contributed by atoms with E-state index in [9.17, 15) is 4.79 Å². The summed E-state index contributed by atoms with van der Waals surface area (Å²) in [4.78, 5) is 13.4. The minimum Gasteiger partial charge on any atom is -0.381 e. The molecule has 1 unspecified atom stereocenters. The van der Waals surface area contributed by atoms with Crippen LogP contribution < -0.4 is 0 Å². The van der Waals surface area contributed by atoms with Crippen LogP contribution in [0, 0.1) is 5.92 Å². The highest BCUT2D eigenvalue weighted by Crippen LogP contribution is 2.02. The van der Waals surface area contributed by atoms with Crippen molar-refractivity contribution in [3.05, 3.63) is 0 Å². The van der Waals surface area contributed by atoms with Crippen molar-refractivity contribution in [2.24, 2.45) is 5.92 Å².